The van der Waals surface area contributed by atoms with Crippen molar-refractivity contribution in [3.63, 3.8) is 0 Å². The summed E-state index contributed by atoms with van der Waals surface area (Å²) >= 11 is 0. The van der Waals surface area contributed by atoms with E-state index in [0.717, 1.165) is 0 Å². The summed E-state index contributed by atoms with van der Waals surface area (Å²) in [6, 6.07) is 0. The molecule has 0 aromatic carbocycles. The van der Waals surface area contributed by atoms with Crippen molar-refractivity contribution in [2.24, 2.45) is 0 Å². The number of nitrogen functional groups attached to an aromatic ring is 1. The van der Waals surface area contributed by atoms with Gasteiger partial charge in [-0.15, -0.1) is 0 Å². The number of anilines is 1. The van der Waals surface area contributed by atoms with E-state index in [2.05, 4.69) is 15.1 Å². The van der Waals surface area contributed by atoms with Crippen molar-refractivity contribution in [2.45, 2.75) is 6.92 Å². The van der Waals surface area contributed by atoms with E-state index in [-0.39, 0.29) is 24.1 Å². The van der Waals surface area contributed by atoms with Crippen LogP contribution in [0.25, 0.3) is 17.0 Å². The number of hydrogen-bond acceptors (Lipinski definition) is 7. The average molecular weight is 273 g/mol. The van der Waals surface area contributed by atoms with Crippen LogP contribution < -0.4 is 5.73 Å². The third kappa shape index (κ3) is 1.87. The highest BCUT2D eigenvalue weighted by molar-refractivity contribution is 5.92. The summed E-state index contributed by atoms with van der Waals surface area (Å²) in [7, 11) is 0. The maximum absolute atomic E-state index is 11.7. The molecule has 102 valence electrons. The number of rotatable bonds is 3. The smallest absolute Gasteiger partial charge is 0.362 e. The Labute approximate surface area is 113 Å². The number of oxazole rings is 1. The topological polar surface area (TPSA) is 109 Å². The maximum Gasteiger partial charge on any atom is 0.362 e. The van der Waals surface area contributed by atoms with Gasteiger partial charge in [-0.05, 0) is 6.92 Å². The molecule has 3 aromatic rings. The number of ether oxygens (including phenoxy) is 1. The molecule has 3 rings (SSSR count). The van der Waals surface area contributed by atoms with Crippen molar-refractivity contribution in [2.75, 3.05) is 12.3 Å². The first-order valence-corrected chi connectivity index (χ1v) is 5.92. The molecule has 2 N–H and O–H groups in total. The lowest BCUT2D eigenvalue weighted by molar-refractivity contribution is 0.0521. The van der Waals surface area contributed by atoms with E-state index in [1.54, 1.807) is 36.2 Å². The molecule has 0 bridgehead atoms. The number of aromatic nitrogens is 4. The van der Waals surface area contributed by atoms with Crippen molar-refractivity contribution in [1.29, 1.82) is 0 Å². The SMILES string of the molecule is CCOC(=O)c1nc(-c2cnn3ccncc23)oc1N. The minimum absolute atomic E-state index is 0.0370. The molecule has 0 aliphatic carbocycles. The summed E-state index contributed by atoms with van der Waals surface area (Å²) < 4.78 is 11.8. The molecule has 0 aliphatic rings. The van der Waals surface area contributed by atoms with Crippen LogP contribution in [-0.2, 0) is 4.74 Å². The second-order valence-electron chi connectivity index (χ2n) is 3.92. The van der Waals surface area contributed by atoms with Crippen LogP contribution in [0.5, 0.6) is 0 Å². The Morgan fingerprint density at radius 2 is 2.35 bits per heavy atom. The molecule has 3 heterocycles. The highest BCUT2D eigenvalue weighted by atomic mass is 16.5. The monoisotopic (exact) mass is 273 g/mol. The summed E-state index contributed by atoms with van der Waals surface area (Å²) in [5.74, 6) is -0.496. The van der Waals surface area contributed by atoms with Gasteiger partial charge in [0.2, 0.25) is 17.5 Å². The van der Waals surface area contributed by atoms with Gasteiger partial charge in [0.25, 0.3) is 0 Å². The minimum atomic E-state index is -0.616. The predicted molar refractivity (Wildman–Crippen MR) is 68.9 cm³/mol. The van der Waals surface area contributed by atoms with Crippen molar-refractivity contribution in [1.82, 2.24) is 19.6 Å². The molecule has 8 heteroatoms. The normalized spacial score (nSPS) is 10.8. The molecule has 0 aliphatic heterocycles. The number of nitrogens with zero attached hydrogens (tertiary/aromatic N) is 4. The van der Waals surface area contributed by atoms with Gasteiger partial charge in [0, 0.05) is 12.4 Å². The molecule has 0 radical (unpaired) electrons. The number of fused-ring (bicyclic) bond motifs is 1. The quantitative estimate of drug-likeness (QED) is 0.712. The first-order chi connectivity index (χ1) is 9.70. The van der Waals surface area contributed by atoms with Crippen LogP contribution in [0.2, 0.25) is 0 Å². The van der Waals surface area contributed by atoms with Gasteiger partial charge in [0.05, 0.1) is 30.1 Å². The van der Waals surface area contributed by atoms with Gasteiger partial charge in [-0.1, -0.05) is 0 Å². The lowest BCUT2D eigenvalue weighted by atomic mass is 10.3. The number of hydrogen-bond donors (Lipinski definition) is 1. The van der Waals surface area contributed by atoms with Crippen LogP contribution >= 0.6 is 0 Å². The van der Waals surface area contributed by atoms with Gasteiger partial charge in [-0.25, -0.2) is 9.31 Å². The van der Waals surface area contributed by atoms with E-state index >= 15 is 0 Å². The van der Waals surface area contributed by atoms with Gasteiger partial charge in [-0.3, -0.25) is 4.98 Å². The summed E-state index contributed by atoms with van der Waals surface area (Å²) in [5.41, 5.74) is 6.91. The van der Waals surface area contributed by atoms with Gasteiger partial charge >= 0.3 is 5.97 Å². The number of esters is 1. The molecule has 3 aromatic heterocycles. The summed E-state index contributed by atoms with van der Waals surface area (Å²) in [5, 5.41) is 4.13. The van der Waals surface area contributed by atoms with Crippen LogP contribution in [0.1, 0.15) is 17.4 Å². The van der Waals surface area contributed by atoms with Gasteiger partial charge in [0.15, 0.2) is 0 Å². The molecule has 0 atom stereocenters. The van der Waals surface area contributed by atoms with Gasteiger partial charge in [-0.2, -0.15) is 10.1 Å². The van der Waals surface area contributed by atoms with E-state index < -0.39 is 5.97 Å². The second-order valence-corrected chi connectivity index (χ2v) is 3.92. The van der Waals surface area contributed by atoms with E-state index in [1.165, 1.54) is 0 Å². The molecule has 0 saturated heterocycles. The molecule has 0 amide bonds. The third-order valence-electron chi connectivity index (χ3n) is 2.68. The molecule has 20 heavy (non-hydrogen) atoms. The molecule has 0 fully saturated rings. The van der Waals surface area contributed by atoms with Crippen LogP contribution in [-0.4, -0.2) is 32.2 Å². The van der Waals surface area contributed by atoms with Crippen LogP contribution in [0.15, 0.2) is 29.2 Å². The van der Waals surface area contributed by atoms with Crippen molar-refractivity contribution >= 4 is 17.4 Å². The zero-order chi connectivity index (χ0) is 14.1. The number of carbonyl (C=O) groups is 1. The first-order valence-electron chi connectivity index (χ1n) is 5.92. The van der Waals surface area contributed by atoms with Gasteiger partial charge < -0.3 is 14.9 Å². The zero-order valence-corrected chi connectivity index (χ0v) is 10.6. The fourth-order valence-corrected chi connectivity index (χ4v) is 1.79. The zero-order valence-electron chi connectivity index (χ0n) is 10.6. The molecule has 8 nitrogen and oxygen atoms in total. The lowest BCUT2D eigenvalue weighted by Crippen LogP contribution is -2.07. The predicted octanol–water partition coefficient (Wildman–Crippen LogP) is 1.14. The van der Waals surface area contributed by atoms with E-state index in [4.69, 9.17) is 14.9 Å². The average Bonchev–Trinajstić information content (AvgIpc) is 3.02. The fraction of sp³-hybridized carbons (Fsp3) is 0.167. The summed E-state index contributed by atoms with van der Waals surface area (Å²) in [6.07, 6.45) is 6.49. The lowest BCUT2D eigenvalue weighted by Gasteiger charge is -1.96. The first kappa shape index (κ1) is 12.2. The summed E-state index contributed by atoms with van der Waals surface area (Å²) in [6.45, 7) is 1.94. The standard InChI is InChI=1S/C12H11N5O3/c1-2-19-12(18)9-10(13)20-11(16-9)7-5-15-17-4-3-14-6-8(7)17/h3-6H,2,13H2,1H3. The van der Waals surface area contributed by atoms with Crippen LogP contribution in [0.4, 0.5) is 5.88 Å². The molecule has 0 spiro atoms. The number of carbonyl (C=O) groups excluding carboxylic acids is 1. The Kier molecular flexibility index (Phi) is 2.82. The van der Waals surface area contributed by atoms with Crippen molar-refractivity contribution in [3.05, 3.63) is 30.5 Å². The van der Waals surface area contributed by atoms with E-state index in [0.29, 0.717) is 11.1 Å². The number of nitrogens with two attached hydrogens (primary N) is 1. The van der Waals surface area contributed by atoms with Crippen molar-refractivity contribution < 1.29 is 13.9 Å². The Bertz CT molecular complexity index is 776. The van der Waals surface area contributed by atoms with E-state index in [9.17, 15) is 4.79 Å². The van der Waals surface area contributed by atoms with Crippen LogP contribution in [0, 0.1) is 0 Å². The van der Waals surface area contributed by atoms with Crippen LogP contribution in [0.3, 0.4) is 0 Å². The third-order valence-corrected chi connectivity index (χ3v) is 2.68. The Balaban J connectivity index is 2.07. The van der Waals surface area contributed by atoms with Crippen molar-refractivity contribution in [3.8, 4) is 11.5 Å². The summed E-state index contributed by atoms with van der Waals surface area (Å²) in [4.78, 5) is 19.7. The minimum Gasteiger partial charge on any atom is -0.461 e. The maximum atomic E-state index is 11.7. The Morgan fingerprint density at radius 1 is 1.50 bits per heavy atom. The largest absolute Gasteiger partial charge is 0.461 e. The second kappa shape index (κ2) is 4.65. The molecular formula is C12H11N5O3. The van der Waals surface area contributed by atoms with E-state index in [1.807, 2.05) is 0 Å². The Morgan fingerprint density at radius 3 is 3.15 bits per heavy atom. The fourth-order valence-electron chi connectivity index (χ4n) is 1.79. The Hall–Kier alpha value is -2.90. The molecule has 0 saturated carbocycles. The molecular weight excluding hydrogens is 262 g/mol. The molecule has 0 unspecified atom stereocenters. The highest BCUT2D eigenvalue weighted by Crippen LogP contribution is 2.27. The highest BCUT2D eigenvalue weighted by Gasteiger charge is 2.21. The van der Waals surface area contributed by atoms with Gasteiger partial charge in [0.1, 0.15) is 0 Å².